The van der Waals surface area contributed by atoms with E-state index in [2.05, 4.69) is 20.4 Å². The summed E-state index contributed by atoms with van der Waals surface area (Å²) in [4.78, 5) is 26.1. The summed E-state index contributed by atoms with van der Waals surface area (Å²) < 4.78 is 5.02. The van der Waals surface area contributed by atoms with Gasteiger partial charge in [-0.15, -0.1) is 10.2 Å². The fraction of sp³-hybridized carbons (Fsp3) is 0.368. The van der Waals surface area contributed by atoms with Crippen LogP contribution in [0.3, 0.4) is 0 Å². The van der Waals surface area contributed by atoms with Crippen LogP contribution < -0.4 is 10.2 Å². The molecule has 1 aliphatic rings. The highest BCUT2D eigenvalue weighted by Gasteiger charge is 2.17. The number of benzene rings is 1. The summed E-state index contributed by atoms with van der Waals surface area (Å²) in [5, 5.41) is 10.8. The molecule has 0 radical (unpaired) electrons. The van der Waals surface area contributed by atoms with Crippen molar-refractivity contribution in [2.45, 2.75) is 25.8 Å². The van der Waals surface area contributed by atoms with Crippen LogP contribution >= 0.6 is 0 Å². The molecule has 1 atom stereocenters. The zero-order valence-electron chi connectivity index (χ0n) is 14.7. The number of amides is 1. The molecule has 1 aliphatic heterocycles. The van der Waals surface area contributed by atoms with Crippen LogP contribution in [-0.2, 0) is 9.53 Å². The summed E-state index contributed by atoms with van der Waals surface area (Å²) in [6, 6.07) is 12.7. The van der Waals surface area contributed by atoms with Crippen molar-refractivity contribution in [2.75, 3.05) is 24.6 Å². The minimum atomic E-state index is -0.659. The van der Waals surface area contributed by atoms with Gasteiger partial charge in [0.15, 0.2) is 18.1 Å². The molecule has 1 aromatic heterocycles. The first-order valence-electron chi connectivity index (χ1n) is 8.73. The molecule has 0 bridgehead atoms. The van der Waals surface area contributed by atoms with Crippen molar-refractivity contribution in [2.24, 2.45) is 0 Å². The Bertz CT molecular complexity index is 743. The van der Waals surface area contributed by atoms with Crippen molar-refractivity contribution in [3.8, 4) is 0 Å². The second-order valence-electron chi connectivity index (χ2n) is 6.25. The SMILES string of the molecule is CC(NC(=O)COC(=O)c1ccc(N2CCCC2)nn1)c1ccccc1. The van der Waals surface area contributed by atoms with Gasteiger partial charge in [0.2, 0.25) is 0 Å². The summed E-state index contributed by atoms with van der Waals surface area (Å²) in [7, 11) is 0. The molecule has 1 saturated heterocycles. The first-order chi connectivity index (χ1) is 12.6. The number of nitrogens with zero attached hydrogens (tertiary/aromatic N) is 3. The third-order valence-corrected chi connectivity index (χ3v) is 4.30. The Morgan fingerprint density at radius 3 is 2.50 bits per heavy atom. The van der Waals surface area contributed by atoms with Crippen LogP contribution in [0.15, 0.2) is 42.5 Å². The number of anilines is 1. The highest BCUT2D eigenvalue weighted by Crippen LogP contribution is 2.16. The van der Waals surface area contributed by atoms with Gasteiger partial charge in [-0.3, -0.25) is 4.79 Å². The first kappa shape index (κ1) is 17.8. The molecule has 26 heavy (non-hydrogen) atoms. The number of rotatable bonds is 6. The van der Waals surface area contributed by atoms with Crippen LogP contribution in [0.2, 0.25) is 0 Å². The molecule has 1 aromatic carbocycles. The van der Waals surface area contributed by atoms with Crippen LogP contribution in [0, 0.1) is 0 Å². The fourth-order valence-electron chi connectivity index (χ4n) is 2.86. The van der Waals surface area contributed by atoms with E-state index in [1.807, 2.05) is 37.3 Å². The minimum absolute atomic E-state index is 0.0943. The Labute approximate surface area is 152 Å². The van der Waals surface area contributed by atoms with Crippen LogP contribution in [0.5, 0.6) is 0 Å². The molecule has 2 heterocycles. The zero-order chi connectivity index (χ0) is 18.4. The number of ether oxygens (including phenoxy) is 1. The van der Waals surface area contributed by atoms with Crippen LogP contribution in [0.4, 0.5) is 5.82 Å². The number of esters is 1. The van der Waals surface area contributed by atoms with Crippen molar-refractivity contribution in [3.05, 3.63) is 53.7 Å². The van der Waals surface area contributed by atoms with Gasteiger partial charge in [0.25, 0.3) is 5.91 Å². The van der Waals surface area contributed by atoms with E-state index < -0.39 is 5.97 Å². The standard InChI is InChI=1S/C19H22N4O3/c1-14(15-7-3-2-4-8-15)20-18(24)13-26-19(25)16-9-10-17(22-21-16)23-11-5-6-12-23/h2-4,7-10,14H,5-6,11-13H2,1H3,(H,20,24). The average molecular weight is 354 g/mol. The van der Waals surface area contributed by atoms with E-state index in [1.165, 1.54) is 0 Å². The third-order valence-electron chi connectivity index (χ3n) is 4.30. The van der Waals surface area contributed by atoms with Crippen molar-refractivity contribution in [3.63, 3.8) is 0 Å². The summed E-state index contributed by atoms with van der Waals surface area (Å²) >= 11 is 0. The Kier molecular flexibility index (Phi) is 5.78. The van der Waals surface area contributed by atoms with E-state index in [1.54, 1.807) is 12.1 Å². The molecular formula is C19H22N4O3. The maximum atomic E-state index is 12.0. The summed E-state index contributed by atoms with van der Waals surface area (Å²) in [5.74, 6) is -0.266. The molecule has 0 spiro atoms. The van der Waals surface area contributed by atoms with E-state index in [-0.39, 0.29) is 24.2 Å². The second kappa shape index (κ2) is 8.42. The zero-order valence-corrected chi connectivity index (χ0v) is 14.7. The Morgan fingerprint density at radius 2 is 1.85 bits per heavy atom. The van der Waals surface area contributed by atoms with Crippen LogP contribution in [-0.4, -0.2) is 41.8 Å². The van der Waals surface area contributed by atoms with Gasteiger partial charge < -0.3 is 15.0 Å². The number of nitrogens with one attached hydrogen (secondary N) is 1. The number of carbonyl (C=O) groups excluding carboxylic acids is 2. The van der Waals surface area contributed by atoms with Gasteiger partial charge >= 0.3 is 5.97 Å². The van der Waals surface area contributed by atoms with Gasteiger partial charge in [0, 0.05) is 13.1 Å². The lowest BCUT2D eigenvalue weighted by atomic mass is 10.1. The van der Waals surface area contributed by atoms with Gasteiger partial charge in [-0.2, -0.15) is 0 Å². The normalized spacial score (nSPS) is 14.7. The van der Waals surface area contributed by atoms with E-state index >= 15 is 0 Å². The Hall–Kier alpha value is -2.96. The molecule has 0 saturated carbocycles. The largest absolute Gasteiger partial charge is 0.451 e. The van der Waals surface area contributed by atoms with Gasteiger partial charge in [-0.05, 0) is 37.5 Å². The maximum Gasteiger partial charge on any atom is 0.359 e. The van der Waals surface area contributed by atoms with Crippen molar-refractivity contribution in [1.82, 2.24) is 15.5 Å². The van der Waals surface area contributed by atoms with Gasteiger partial charge in [0.05, 0.1) is 6.04 Å². The lowest BCUT2D eigenvalue weighted by molar-refractivity contribution is -0.124. The Morgan fingerprint density at radius 1 is 1.12 bits per heavy atom. The van der Waals surface area contributed by atoms with E-state index in [9.17, 15) is 9.59 Å². The molecule has 136 valence electrons. The molecule has 3 rings (SSSR count). The van der Waals surface area contributed by atoms with E-state index in [0.717, 1.165) is 37.3 Å². The lowest BCUT2D eigenvalue weighted by Crippen LogP contribution is -2.31. The molecule has 1 fully saturated rings. The molecule has 2 aromatic rings. The number of hydrogen-bond donors (Lipinski definition) is 1. The predicted octanol–water partition coefficient (Wildman–Crippen LogP) is 2.11. The van der Waals surface area contributed by atoms with Crippen molar-refractivity contribution >= 4 is 17.7 Å². The smallest absolute Gasteiger partial charge is 0.359 e. The summed E-state index contributed by atoms with van der Waals surface area (Å²) in [5.41, 5.74) is 1.08. The first-order valence-corrected chi connectivity index (χ1v) is 8.73. The van der Waals surface area contributed by atoms with Gasteiger partial charge in [-0.1, -0.05) is 30.3 Å². The van der Waals surface area contributed by atoms with Gasteiger partial charge in [-0.25, -0.2) is 4.79 Å². The maximum absolute atomic E-state index is 12.0. The summed E-state index contributed by atoms with van der Waals surface area (Å²) in [6.45, 7) is 3.43. The minimum Gasteiger partial charge on any atom is -0.451 e. The topological polar surface area (TPSA) is 84.4 Å². The van der Waals surface area contributed by atoms with Crippen molar-refractivity contribution in [1.29, 1.82) is 0 Å². The molecule has 1 unspecified atom stereocenters. The van der Waals surface area contributed by atoms with Gasteiger partial charge in [0.1, 0.15) is 0 Å². The fourth-order valence-corrected chi connectivity index (χ4v) is 2.86. The average Bonchev–Trinajstić information content (AvgIpc) is 3.21. The van der Waals surface area contributed by atoms with Crippen LogP contribution in [0.25, 0.3) is 0 Å². The monoisotopic (exact) mass is 354 g/mol. The number of carbonyl (C=O) groups is 2. The molecule has 7 heteroatoms. The molecule has 7 nitrogen and oxygen atoms in total. The van der Waals surface area contributed by atoms with Crippen molar-refractivity contribution < 1.29 is 14.3 Å². The number of hydrogen-bond acceptors (Lipinski definition) is 6. The predicted molar refractivity (Wildman–Crippen MR) is 96.8 cm³/mol. The summed E-state index contributed by atoms with van der Waals surface area (Å²) in [6.07, 6.45) is 2.28. The molecule has 1 N–H and O–H groups in total. The van der Waals surface area contributed by atoms with E-state index in [0.29, 0.717) is 0 Å². The quantitative estimate of drug-likeness (QED) is 0.800. The van der Waals surface area contributed by atoms with E-state index in [4.69, 9.17) is 4.74 Å². The van der Waals surface area contributed by atoms with Crippen LogP contribution in [0.1, 0.15) is 41.9 Å². The Balaban J connectivity index is 1.48. The lowest BCUT2D eigenvalue weighted by Gasteiger charge is -2.15. The highest BCUT2D eigenvalue weighted by molar-refractivity contribution is 5.89. The number of aromatic nitrogens is 2. The molecule has 1 amide bonds. The molecule has 0 aliphatic carbocycles. The second-order valence-corrected chi connectivity index (χ2v) is 6.25. The molecular weight excluding hydrogens is 332 g/mol. The highest BCUT2D eigenvalue weighted by atomic mass is 16.5. The third kappa shape index (κ3) is 4.56.